The van der Waals surface area contributed by atoms with Gasteiger partial charge in [-0.05, 0) is 194 Å². The molecule has 5 heteroatoms. The van der Waals surface area contributed by atoms with E-state index in [1.54, 1.807) is 0 Å². The Morgan fingerprint density at radius 3 is 1.68 bits per heavy atom. The minimum absolute atomic E-state index is 0.0113. The molecular formula is C73H78BN3O. The van der Waals surface area contributed by atoms with Gasteiger partial charge in [-0.3, -0.25) is 0 Å². The number of nitrogens with zero attached hydrogens (tertiary/aromatic N) is 3. The van der Waals surface area contributed by atoms with Crippen LogP contribution in [0.15, 0.2) is 156 Å². The highest BCUT2D eigenvalue weighted by atomic mass is 16.3. The molecule has 0 saturated carbocycles. The zero-order valence-electron chi connectivity index (χ0n) is 49.1. The number of rotatable bonds is 5. The number of aryl methyl sites for hydroxylation is 1. The maximum absolute atomic E-state index is 7.07. The van der Waals surface area contributed by atoms with E-state index in [4.69, 9.17) is 4.42 Å². The lowest BCUT2D eigenvalue weighted by atomic mass is 9.33. The summed E-state index contributed by atoms with van der Waals surface area (Å²) >= 11 is 0. The molecular weight excluding hydrogens is 946 g/mol. The molecule has 0 fully saturated rings. The van der Waals surface area contributed by atoms with Crippen LogP contribution in [0.2, 0.25) is 0 Å². The molecule has 0 unspecified atom stereocenters. The Balaban J connectivity index is 1.15. The van der Waals surface area contributed by atoms with Crippen LogP contribution in [0.5, 0.6) is 0 Å². The molecule has 0 atom stereocenters. The second-order valence-corrected chi connectivity index (χ2v) is 28.4. The molecule has 0 N–H and O–H groups in total. The van der Waals surface area contributed by atoms with Crippen LogP contribution in [0.1, 0.15) is 162 Å². The number of para-hydroxylation sites is 2. The summed E-state index contributed by atoms with van der Waals surface area (Å²) in [5.74, 6) is 0. The number of hydrogen-bond donors (Lipinski definition) is 0. The van der Waals surface area contributed by atoms with Crippen LogP contribution in [0.4, 0.5) is 51.2 Å². The molecule has 0 radical (unpaired) electrons. The third-order valence-corrected chi connectivity index (χ3v) is 19.1. The smallest absolute Gasteiger partial charge is 0.252 e. The quantitative estimate of drug-likeness (QED) is 0.160. The fraction of sp³-hybridized carbons (Fsp3) is 0.342. The Hall–Kier alpha value is -6.98. The first-order valence-electron chi connectivity index (χ1n) is 29.0. The van der Waals surface area contributed by atoms with E-state index in [9.17, 15) is 0 Å². The topological polar surface area (TPSA) is 22.9 Å². The van der Waals surface area contributed by atoms with Crippen LogP contribution >= 0.6 is 0 Å². The van der Waals surface area contributed by atoms with Crippen molar-refractivity contribution in [3.05, 3.63) is 191 Å². The highest BCUT2D eigenvalue weighted by molar-refractivity contribution is 7.00. The molecule has 0 amide bonds. The van der Waals surface area contributed by atoms with Crippen molar-refractivity contribution in [3.63, 3.8) is 0 Å². The number of fused-ring (bicyclic) bond motifs is 9. The van der Waals surface area contributed by atoms with Crippen molar-refractivity contribution in [2.75, 3.05) is 14.7 Å². The predicted octanol–water partition coefficient (Wildman–Crippen LogP) is 18.7. The molecule has 78 heavy (non-hydrogen) atoms. The van der Waals surface area contributed by atoms with Crippen LogP contribution in [-0.4, -0.2) is 6.71 Å². The molecule has 4 nitrogen and oxygen atoms in total. The number of benzene rings is 8. The first-order chi connectivity index (χ1) is 36.8. The van der Waals surface area contributed by atoms with E-state index in [2.05, 4.69) is 270 Å². The van der Waals surface area contributed by atoms with Gasteiger partial charge in [0.05, 0.1) is 11.1 Å². The molecule has 2 aliphatic carbocycles. The lowest BCUT2D eigenvalue weighted by Crippen LogP contribution is -2.62. The fourth-order valence-corrected chi connectivity index (χ4v) is 14.3. The van der Waals surface area contributed by atoms with Crippen molar-refractivity contribution in [2.24, 2.45) is 0 Å². The number of furan rings is 1. The van der Waals surface area contributed by atoms with Gasteiger partial charge >= 0.3 is 0 Å². The normalized spacial score (nSPS) is 17.6. The lowest BCUT2D eigenvalue weighted by Gasteiger charge is -2.48. The van der Waals surface area contributed by atoms with Crippen LogP contribution in [0.3, 0.4) is 0 Å². The first-order valence-corrected chi connectivity index (χ1v) is 29.0. The number of hydrogen-bond acceptors (Lipinski definition) is 4. The standard InChI is InChI=1S/C73H78BN3O/c1-45-39-62-66-63(40-45)77(59-34-32-53(69(5,6)7)67-65(59)51-23-19-20-24-64(51)78-67)60-42-50(75(47-21-17-16-18-22-47)48-27-25-46(26-28-48)68(2,3)4)30-33-57(60)74(66)58-43-55-56(73(14,15)38-37-72(55,12)13)44-61(58)76(62)49-29-31-52-54(41-49)71(10,11)36-35-70(52,8)9/h16-34,39-44H,35-38H2,1-15H3. The van der Waals surface area contributed by atoms with Gasteiger partial charge in [0.25, 0.3) is 6.71 Å². The van der Waals surface area contributed by atoms with Crippen LogP contribution in [0, 0.1) is 6.92 Å². The molecule has 9 aromatic rings. The van der Waals surface area contributed by atoms with Gasteiger partial charge < -0.3 is 19.1 Å². The van der Waals surface area contributed by atoms with Gasteiger partial charge in [-0.15, -0.1) is 0 Å². The predicted molar refractivity (Wildman–Crippen MR) is 335 cm³/mol. The monoisotopic (exact) mass is 1020 g/mol. The molecule has 13 rings (SSSR count). The Kier molecular flexibility index (Phi) is 11.0. The van der Waals surface area contributed by atoms with Gasteiger partial charge in [-0.2, -0.15) is 0 Å². The SMILES string of the molecule is Cc1cc2c3c(c1)N(c1ccc(C(C)(C)C)c4oc5ccccc5c14)c1cc(N(c4ccccc4)c4ccc(C(C)(C)C)cc4)ccc1B3c1cc3c(cc1N2c1ccc2c(c1)C(C)(C)CCC2(C)C)C(C)(C)CCC3(C)C. The third kappa shape index (κ3) is 7.75. The summed E-state index contributed by atoms with van der Waals surface area (Å²) in [5.41, 5.74) is 26.3. The minimum atomic E-state index is -0.158. The lowest BCUT2D eigenvalue weighted by molar-refractivity contribution is 0.332. The van der Waals surface area contributed by atoms with Gasteiger partial charge in [-0.25, -0.2) is 0 Å². The van der Waals surface area contributed by atoms with Crippen molar-refractivity contribution in [3.8, 4) is 0 Å². The second kappa shape index (κ2) is 17.0. The fourth-order valence-electron chi connectivity index (χ4n) is 14.3. The van der Waals surface area contributed by atoms with E-state index in [0.717, 1.165) is 64.0 Å². The Morgan fingerprint density at radius 2 is 1.03 bits per heavy atom. The Labute approximate surface area is 465 Å². The van der Waals surface area contributed by atoms with E-state index in [-0.39, 0.29) is 39.2 Å². The van der Waals surface area contributed by atoms with Gasteiger partial charge in [0.2, 0.25) is 0 Å². The molecule has 2 aliphatic heterocycles. The zero-order chi connectivity index (χ0) is 54.8. The van der Waals surface area contributed by atoms with Crippen LogP contribution in [0.25, 0.3) is 21.9 Å². The van der Waals surface area contributed by atoms with E-state index < -0.39 is 0 Å². The Bertz CT molecular complexity index is 3910. The average molecular weight is 1020 g/mol. The molecule has 394 valence electrons. The highest BCUT2D eigenvalue weighted by Gasteiger charge is 2.48. The van der Waals surface area contributed by atoms with Crippen molar-refractivity contribution in [1.82, 2.24) is 0 Å². The maximum Gasteiger partial charge on any atom is 0.252 e. The van der Waals surface area contributed by atoms with E-state index in [0.29, 0.717) is 0 Å². The zero-order valence-corrected chi connectivity index (χ0v) is 49.1. The first kappa shape index (κ1) is 50.5. The van der Waals surface area contributed by atoms with Crippen molar-refractivity contribution in [2.45, 2.75) is 162 Å². The van der Waals surface area contributed by atoms with Crippen molar-refractivity contribution in [1.29, 1.82) is 0 Å². The van der Waals surface area contributed by atoms with E-state index >= 15 is 0 Å². The van der Waals surface area contributed by atoms with E-state index in [1.807, 2.05) is 0 Å². The number of anilines is 9. The highest BCUT2D eigenvalue weighted by Crippen LogP contribution is 2.54. The van der Waals surface area contributed by atoms with Gasteiger partial charge in [0, 0.05) is 56.4 Å². The summed E-state index contributed by atoms with van der Waals surface area (Å²) in [4.78, 5) is 7.77. The van der Waals surface area contributed by atoms with Gasteiger partial charge in [0.1, 0.15) is 11.2 Å². The molecule has 0 saturated heterocycles. The molecule has 8 aromatic carbocycles. The Morgan fingerprint density at radius 1 is 0.462 bits per heavy atom. The maximum atomic E-state index is 7.07. The van der Waals surface area contributed by atoms with Crippen LogP contribution < -0.4 is 31.1 Å². The minimum Gasteiger partial charge on any atom is -0.456 e. The van der Waals surface area contributed by atoms with Crippen molar-refractivity contribution < 1.29 is 4.42 Å². The van der Waals surface area contributed by atoms with Gasteiger partial charge in [0.15, 0.2) is 0 Å². The molecule has 1 aromatic heterocycles. The summed E-state index contributed by atoms with van der Waals surface area (Å²) in [5, 5.41) is 2.27. The molecule has 0 bridgehead atoms. The molecule has 3 heterocycles. The summed E-state index contributed by atoms with van der Waals surface area (Å²) in [7, 11) is 0. The molecule has 4 aliphatic rings. The van der Waals surface area contributed by atoms with E-state index in [1.165, 1.54) is 90.2 Å². The molecule has 0 spiro atoms. The van der Waals surface area contributed by atoms with Crippen molar-refractivity contribution >= 4 is 96.2 Å². The average Bonchev–Trinajstić information content (AvgIpc) is 3.95. The largest absolute Gasteiger partial charge is 0.456 e. The third-order valence-electron chi connectivity index (χ3n) is 19.1. The summed E-state index contributed by atoms with van der Waals surface area (Å²) in [6.07, 6.45) is 4.65. The second-order valence-electron chi connectivity index (χ2n) is 28.4. The summed E-state index contributed by atoms with van der Waals surface area (Å²) in [6, 6.07) is 58.8. The van der Waals surface area contributed by atoms with Crippen LogP contribution in [-0.2, 0) is 32.5 Å². The summed E-state index contributed by atoms with van der Waals surface area (Å²) < 4.78 is 7.07. The van der Waals surface area contributed by atoms with Gasteiger partial charge in [-0.1, -0.05) is 170 Å². The summed E-state index contributed by atoms with van der Waals surface area (Å²) in [6.45, 7) is 35.8.